The van der Waals surface area contributed by atoms with Gasteiger partial charge in [-0.2, -0.15) is 0 Å². The lowest BCUT2D eigenvalue weighted by molar-refractivity contribution is -0.138. The number of nitrogens with one attached hydrogen (secondary N) is 1. The Labute approximate surface area is 111 Å². The molecule has 0 aromatic carbocycles. The minimum Gasteiger partial charge on any atom is -0.481 e. The molecule has 1 atom stereocenters. The van der Waals surface area contributed by atoms with Crippen molar-refractivity contribution in [3.63, 3.8) is 0 Å². The first-order chi connectivity index (χ1) is 8.37. The number of aryl methyl sites for hydroxylation is 1. The van der Waals surface area contributed by atoms with Gasteiger partial charge in [-0.05, 0) is 24.7 Å². The van der Waals surface area contributed by atoms with Gasteiger partial charge in [-0.25, -0.2) is 4.98 Å². The van der Waals surface area contributed by atoms with E-state index in [4.69, 9.17) is 5.11 Å². The fourth-order valence-corrected chi connectivity index (χ4v) is 3.15. The zero-order valence-electron chi connectivity index (χ0n) is 11.1. The molecule has 1 aliphatic carbocycles. The first kappa shape index (κ1) is 13.3. The molecular weight excluding hydrogens is 248 g/mol. The highest BCUT2D eigenvalue weighted by Crippen LogP contribution is 2.38. The fourth-order valence-electron chi connectivity index (χ4n) is 2.09. The van der Waals surface area contributed by atoms with Crippen molar-refractivity contribution < 1.29 is 9.90 Å². The van der Waals surface area contributed by atoms with E-state index < -0.39 is 11.9 Å². The molecule has 1 aromatic rings. The van der Waals surface area contributed by atoms with Gasteiger partial charge in [0.2, 0.25) is 0 Å². The van der Waals surface area contributed by atoms with Gasteiger partial charge in [0.25, 0.3) is 0 Å². The van der Waals surface area contributed by atoms with Crippen LogP contribution in [0.4, 0.5) is 5.13 Å². The molecule has 2 rings (SSSR count). The molecule has 0 fully saturated rings. The molecule has 4 nitrogen and oxygen atoms in total. The summed E-state index contributed by atoms with van der Waals surface area (Å²) in [4.78, 5) is 16.6. The van der Waals surface area contributed by atoms with Crippen LogP contribution in [0.2, 0.25) is 0 Å². The van der Waals surface area contributed by atoms with Gasteiger partial charge in [0, 0.05) is 11.4 Å². The third-order valence-corrected chi connectivity index (χ3v) is 4.26. The van der Waals surface area contributed by atoms with E-state index in [1.165, 1.54) is 0 Å². The van der Waals surface area contributed by atoms with E-state index in [-0.39, 0.29) is 0 Å². The molecule has 0 bridgehead atoms. The quantitative estimate of drug-likeness (QED) is 0.880. The topological polar surface area (TPSA) is 62.2 Å². The number of hydrogen-bond acceptors (Lipinski definition) is 4. The maximum atomic E-state index is 11.1. The van der Waals surface area contributed by atoms with Gasteiger partial charge in [-0.15, -0.1) is 11.3 Å². The van der Waals surface area contributed by atoms with Crippen molar-refractivity contribution in [2.24, 2.45) is 5.41 Å². The summed E-state index contributed by atoms with van der Waals surface area (Å²) in [5.41, 5.74) is 1.09. The summed E-state index contributed by atoms with van der Waals surface area (Å²) in [7, 11) is 0. The smallest absolute Gasteiger partial charge is 0.312 e. The Bertz CT molecular complexity index is 448. The average Bonchev–Trinajstić information content (AvgIpc) is 2.73. The second-order valence-electron chi connectivity index (χ2n) is 5.99. The SMILES string of the molecule is CC(C)(C)CCNc1nc2c(s1)CCC2C(=O)O. The van der Waals surface area contributed by atoms with Gasteiger partial charge in [0.1, 0.15) is 5.92 Å². The summed E-state index contributed by atoms with van der Waals surface area (Å²) in [5, 5.41) is 13.3. The van der Waals surface area contributed by atoms with Crippen LogP contribution >= 0.6 is 11.3 Å². The van der Waals surface area contributed by atoms with Crippen LogP contribution in [0, 0.1) is 5.41 Å². The van der Waals surface area contributed by atoms with E-state index >= 15 is 0 Å². The number of carboxylic acid groups (broad SMARTS) is 1. The standard InChI is InChI=1S/C13H20N2O2S/c1-13(2,3)6-7-14-12-15-10-8(11(16)17)4-5-9(10)18-12/h8H,4-7H2,1-3H3,(H,14,15)(H,16,17). The van der Waals surface area contributed by atoms with Crippen molar-refractivity contribution in [2.45, 2.75) is 46.0 Å². The summed E-state index contributed by atoms with van der Waals surface area (Å²) in [6.45, 7) is 7.50. The summed E-state index contributed by atoms with van der Waals surface area (Å²) in [6, 6.07) is 0. The minimum atomic E-state index is -0.750. The van der Waals surface area contributed by atoms with E-state index in [0.29, 0.717) is 11.8 Å². The van der Waals surface area contributed by atoms with Crippen LogP contribution in [0.3, 0.4) is 0 Å². The molecule has 5 heteroatoms. The molecule has 0 saturated heterocycles. The monoisotopic (exact) mass is 268 g/mol. The number of thiazole rings is 1. The van der Waals surface area contributed by atoms with E-state index in [1.54, 1.807) is 11.3 Å². The summed E-state index contributed by atoms with van der Waals surface area (Å²) in [6.07, 6.45) is 2.62. The van der Waals surface area contributed by atoms with Gasteiger partial charge < -0.3 is 10.4 Å². The molecule has 18 heavy (non-hydrogen) atoms. The van der Waals surface area contributed by atoms with Crippen LogP contribution in [-0.4, -0.2) is 22.6 Å². The van der Waals surface area contributed by atoms with Crippen LogP contribution in [0.15, 0.2) is 0 Å². The molecule has 1 unspecified atom stereocenters. The number of rotatable bonds is 4. The van der Waals surface area contributed by atoms with Crippen molar-refractivity contribution in [1.82, 2.24) is 4.98 Å². The lowest BCUT2D eigenvalue weighted by atomic mass is 9.92. The third kappa shape index (κ3) is 3.02. The Morgan fingerprint density at radius 2 is 2.28 bits per heavy atom. The highest BCUT2D eigenvalue weighted by atomic mass is 32.1. The number of aliphatic carboxylic acids is 1. The molecule has 1 heterocycles. The average molecular weight is 268 g/mol. The first-order valence-electron chi connectivity index (χ1n) is 6.33. The van der Waals surface area contributed by atoms with Gasteiger partial charge >= 0.3 is 5.97 Å². The Morgan fingerprint density at radius 1 is 1.56 bits per heavy atom. The maximum Gasteiger partial charge on any atom is 0.312 e. The Kier molecular flexibility index (Phi) is 3.61. The van der Waals surface area contributed by atoms with Crippen molar-refractivity contribution in [1.29, 1.82) is 0 Å². The molecule has 1 aromatic heterocycles. The van der Waals surface area contributed by atoms with Crippen LogP contribution < -0.4 is 5.32 Å². The lowest BCUT2D eigenvalue weighted by Gasteiger charge is -2.17. The van der Waals surface area contributed by atoms with E-state index in [9.17, 15) is 4.79 Å². The molecule has 2 N–H and O–H groups in total. The number of hydrogen-bond donors (Lipinski definition) is 2. The van der Waals surface area contributed by atoms with Crippen LogP contribution in [0.5, 0.6) is 0 Å². The van der Waals surface area contributed by atoms with Crippen LogP contribution in [-0.2, 0) is 11.2 Å². The molecule has 100 valence electrons. The van der Waals surface area contributed by atoms with Crippen molar-refractivity contribution in [3.05, 3.63) is 10.6 Å². The molecule has 0 amide bonds. The summed E-state index contributed by atoms with van der Waals surface area (Å²) in [5.74, 6) is -1.14. The molecular formula is C13H20N2O2S. The Hall–Kier alpha value is -1.10. The minimum absolute atomic E-state index is 0.302. The molecule has 0 aliphatic heterocycles. The zero-order chi connectivity index (χ0) is 13.3. The van der Waals surface area contributed by atoms with Gasteiger partial charge in [0.05, 0.1) is 5.69 Å². The van der Waals surface area contributed by atoms with Gasteiger partial charge in [-0.3, -0.25) is 4.79 Å². The Morgan fingerprint density at radius 3 is 2.89 bits per heavy atom. The van der Waals surface area contributed by atoms with E-state index in [2.05, 4.69) is 31.1 Å². The van der Waals surface area contributed by atoms with Crippen LogP contribution in [0.25, 0.3) is 0 Å². The first-order valence-corrected chi connectivity index (χ1v) is 7.15. The van der Waals surface area contributed by atoms with Gasteiger partial charge in [-0.1, -0.05) is 20.8 Å². The summed E-state index contributed by atoms with van der Waals surface area (Å²) >= 11 is 1.61. The molecule has 0 radical (unpaired) electrons. The van der Waals surface area contributed by atoms with Crippen molar-refractivity contribution >= 4 is 22.4 Å². The zero-order valence-corrected chi connectivity index (χ0v) is 11.9. The number of carbonyl (C=O) groups is 1. The largest absolute Gasteiger partial charge is 0.481 e. The lowest BCUT2D eigenvalue weighted by Crippen LogP contribution is -2.13. The molecule has 0 saturated carbocycles. The highest BCUT2D eigenvalue weighted by Gasteiger charge is 2.32. The van der Waals surface area contributed by atoms with Crippen molar-refractivity contribution in [2.75, 3.05) is 11.9 Å². The van der Waals surface area contributed by atoms with Gasteiger partial charge in [0.15, 0.2) is 5.13 Å². The summed E-state index contributed by atoms with van der Waals surface area (Å²) < 4.78 is 0. The second kappa shape index (κ2) is 4.88. The maximum absolute atomic E-state index is 11.1. The number of carboxylic acids is 1. The molecule has 0 spiro atoms. The highest BCUT2D eigenvalue weighted by molar-refractivity contribution is 7.15. The fraction of sp³-hybridized carbons (Fsp3) is 0.692. The predicted octanol–water partition coefficient (Wildman–Crippen LogP) is 3.11. The number of fused-ring (bicyclic) bond motifs is 1. The number of anilines is 1. The van der Waals surface area contributed by atoms with Crippen molar-refractivity contribution in [3.8, 4) is 0 Å². The van der Waals surface area contributed by atoms with E-state index in [0.717, 1.165) is 35.1 Å². The molecule has 1 aliphatic rings. The predicted molar refractivity (Wildman–Crippen MR) is 73.4 cm³/mol. The second-order valence-corrected chi connectivity index (χ2v) is 7.08. The Balaban J connectivity index is 1.97. The van der Waals surface area contributed by atoms with E-state index in [1.807, 2.05) is 0 Å². The number of aromatic nitrogens is 1. The third-order valence-electron chi connectivity index (χ3n) is 3.17. The van der Waals surface area contributed by atoms with Crippen LogP contribution in [0.1, 0.15) is 50.1 Å². The number of nitrogens with zero attached hydrogens (tertiary/aromatic N) is 1. The normalized spacial score (nSPS) is 18.7.